The van der Waals surface area contributed by atoms with Gasteiger partial charge in [-0.2, -0.15) is 0 Å². The largest absolute Gasteiger partial charge is 0.382 e. The van der Waals surface area contributed by atoms with Crippen molar-refractivity contribution in [2.24, 2.45) is 0 Å². The maximum Gasteiger partial charge on any atom is 0.266 e. The Labute approximate surface area is 183 Å². The van der Waals surface area contributed by atoms with E-state index in [2.05, 4.69) is 20.9 Å². The molecule has 32 heavy (non-hydrogen) atoms. The molecule has 0 aliphatic carbocycles. The predicted octanol–water partition coefficient (Wildman–Crippen LogP) is 2.64. The fraction of sp³-hybridized carbons (Fsp3) is 0.125. The summed E-state index contributed by atoms with van der Waals surface area (Å²) < 4.78 is 3.44. The van der Waals surface area contributed by atoms with Crippen molar-refractivity contribution in [1.29, 1.82) is 0 Å². The SMILES string of the molecule is C#CCc1ccccc1-n1c(Cn2cnc3c(N)ncnc32)nc2cccc(C)c2c1=O. The fourth-order valence-electron chi connectivity index (χ4n) is 3.95. The Hall–Kier alpha value is -4.51. The summed E-state index contributed by atoms with van der Waals surface area (Å²) >= 11 is 0. The van der Waals surface area contributed by atoms with Crippen LogP contribution in [0.2, 0.25) is 0 Å². The van der Waals surface area contributed by atoms with Crippen molar-refractivity contribution in [3.8, 4) is 18.0 Å². The molecule has 3 heterocycles. The molecule has 2 N–H and O–H groups in total. The van der Waals surface area contributed by atoms with E-state index >= 15 is 0 Å². The number of imidazole rings is 1. The molecule has 0 saturated carbocycles. The molecule has 0 bridgehead atoms. The number of nitrogens with zero attached hydrogens (tertiary/aromatic N) is 6. The van der Waals surface area contributed by atoms with E-state index in [0.717, 1.165) is 11.1 Å². The van der Waals surface area contributed by atoms with Gasteiger partial charge in [-0.3, -0.25) is 9.36 Å². The second-order valence-electron chi connectivity index (χ2n) is 7.45. The number of anilines is 1. The van der Waals surface area contributed by atoms with Crippen LogP contribution in [-0.4, -0.2) is 29.1 Å². The Kier molecular flexibility index (Phi) is 4.64. The summed E-state index contributed by atoms with van der Waals surface area (Å²) in [5.74, 6) is 3.51. The molecule has 0 atom stereocenters. The molecule has 0 aliphatic heterocycles. The first-order valence-electron chi connectivity index (χ1n) is 10.0. The van der Waals surface area contributed by atoms with Crippen molar-refractivity contribution in [1.82, 2.24) is 29.1 Å². The van der Waals surface area contributed by atoms with Crippen LogP contribution in [0.15, 0.2) is 59.9 Å². The zero-order valence-corrected chi connectivity index (χ0v) is 17.4. The van der Waals surface area contributed by atoms with Crippen molar-refractivity contribution >= 4 is 27.9 Å². The van der Waals surface area contributed by atoms with E-state index in [0.29, 0.717) is 45.8 Å². The molecule has 0 amide bonds. The molecule has 3 aromatic heterocycles. The first kappa shape index (κ1) is 19.5. The van der Waals surface area contributed by atoms with Gasteiger partial charge in [-0.15, -0.1) is 12.3 Å². The topological polar surface area (TPSA) is 105 Å². The number of hydrogen-bond donors (Lipinski definition) is 1. The van der Waals surface area contributed by atoms with Gasteiger partial charge in [0.05, 0.1) is 29.5 Å². The molecular formula is C24H19N7O. The standard InChI is InChI=1S/C24H19N7O/c1-3-7-16-9-4-5-11-18(16)31-19(29-17-10-6-8-15(2)20(17)24(31)32)12-30-14-28-21-22(25)26-13-27-23(21)30/h1,4-6,8-11,13-14H,7,12H2,2H3,(H2,25,26,27). The molecule has 0 saturated heterocycles. The molecule has 5 rings (SSSR count). The third-order valence-corrected chi connectivity index (χ3v) is 5.44. The minimum atomic E-state index is -0.147. The minimum Gasteiger partial charge on any atom is -0.382 e. The molecule has 2 aromatic carbocycles. The lowest BCUT2D eigenvalue weighted by atomic mass is 10.1. The number of benzene rings is 2. The van der Waals surface area contributed by atoms with Crippen LogP contribution in [0.5, 0.6) is 0 Å². The van der Waals surface area contributed by atoms with Gasteiger partial charge < -0.3 is 10.3 Å². The molecule has 5 aromatic rings. The molecule has 0 aliphatic rings. The van der Waals surface area contributed by atoms with Crippen molar-refractivity contribution < 1.29 is 0 Å². The summed E-state index contributed by atoms with van der Waals surface area (Å²) in [5, 5.41) is 0.578. The summed E-state index contributed by atoms with van der Waals surface area (Å²) in [4.78, 5) is 31.3. The Balaban J connectivity index is 1.80. The number of fused-ring (bicyclic) bond motifs is 2. The summed E-state index contributed by atoms with van der Waals surface area (Å²) in [5.41, 5.74) is 9.94. The lowest BCUT2D eigenvalue weighted by molar-refractivity contribution is 0.716. The smallest absolute Gasteiger partial charge is 0.266 e. The van der Waals surface area contributed by atoms with Crippen LogP contribution in [0, 0.1) is 19.3 Å². The molecule has 8 nitrogen and oxygen atoms in total. The predicted molar refractivity (Wildman–Crippen MR) is 123 cm³/mol. The first-order chi connectivity index (χ1) is 15.6. The maximum absolute atomic E-state index is 13.8. The van der Waals surface area contributed by atoms with Crippen LogP contribution < -0.4 is 11.3 Å². The highest BCUT2D eigenvalue weighted by molar-refractivity contribution is 5.82. The van der Waals surface area contributed by atoms with Gasteiger partial charge in [-0.1, -0.05) is 30.3 Å². The van der Waals surface area contributed by atoms with E-state index in [9.17, 15) is 4.79 Å². The van der Waals surface area contributed by atoms with Crippen molar-refractivity contribution in [2.45, 2.75) is 19.9 Å². The van der Waals surface area contributed by atoms with Crippen LogP contribution in [0.25, 0.3) is 27.8 Å². The lowest BCUT2D eigenvalue weighted by Crippen LogP contribution is -2.26. The van der Waals surface area contributed by atoms with Gasteiger partial charge in [0.15, 0.2) is 11.5 Å². The van der Waals surface area contributed by atoms with Gasteiger partial charge in [-0.25, -0.2) is 19.9 Å². The molecule has 0 radical (unpaired) electrons. The molecule has 0 fully saturated rings. The normalized spacial score (nSPS) is 11.1. The average molecular weight is 421 g/mol. The lowest BCUT2D eigenvalue weighted by Gasteiger charge is -2.17. The van der Waals surface area contributed by atoms with Gasteiger partial charge in [-0.05, 0) is 30.2 Å². The van der Waals surface area contributed by atoms with Gasteiger partial charge in [0.1, 0.15) is 17.7 Å². The second kappa shape index (κ2) is 7.63. The number of aromatic nitrogens is 6. The van der Waals surface area contributed by atoms with E-state index in [1.54, 1.807) is 15.5 Å². The number of terminal acetylenes is 1. The summed E-state index contributed by atoms with van der Waals surface area (Å²) in [7, 11) is 0. The number of para-hydroxylation sites is 1. The molecule has 0 unspecified atom stereocenters. The zero-order valence-electron chi connectivity index (χ0n) is 17.4. The van der Waals surface area contributed by atoms with E-state index in [4.69, 9.17) is 17.1 Å². The quantitative estimate of drug-likeness (QED) is 0.447. The second-order valence-corrected chi connectivity index (χ2v) is 7.45. The van der Waals surface area contributed by atoms with Crippen LogP contribution in [0.1, 0.15) is 17.0 Å². The highest BCUT2D eigenvalue weighted by Gasteiger charge is 2.18. The molecule has 0 spiro atoms. The van der Waals surface area contributed by atoms with Crippen LogP contribution in [-0.2, 0) is 13.0 Å². The fourth-order valence-corrected chi connectivity index (χ4v) is 3.95. The van der Waals surface area contributed by atoms with Crippen LogP contribution in [0.3, 0.4) is 0 Å². The Morgan fingerprint density at radius 3 is 2.78 bits per heavy atom. The van der Waals surface area contributed by atoms with E-state index in [-0.39, 0.29) is 12.1 Å². The van der Waals surface area contributed by atoms with E-state index < -0.39 is 0 Å². The average Bonchev–Trinajstić information content (AvgIpc) is 3.19. The number of nitrogen functional groups attached to an aromatic ring is 1. The van der Waals surface area contributed by atoms with E-state index in [1.807, 2.05) is 49.4 Å². The number of hydrogen-bond acceptors (Lipinski definition) is 6. The maximum atomic E-state index is 13.8. The molecule has 8 heteroatoms. The number of nitrogens with two attached hydrogens (primary N) is 1. The highest BCUT2D eigenvalue weighted by Crippen LogP contribution is 2.21. The van der Waals surface area contributed by atoms with Crippen molar-refractivity contribution in [3.05, 3.63) is 82.4 Å². The van der Waals surface area contributed by atoms with Crippen molar-refractivity contribution in [2.75, 3.05) is 5.73 Å². The molecule has 156 valence electrons. The summed E-state index contributed by atoms with van der Waals surface area (Å²) in [6.45, 7) is 2.17. The Bertz CT molecular complexity index is 1590. The zero-order chi connectivity index (χ0) is 22.2. The van der Waals surface area contributed by atoms with Crippen LogP contribution >= 0.6 is 0 Å². The monoisotopic (exact) mass is 421 g/mol. The summed E-state index contributed by atoms with van der Waals surface area (Å²) in [6, 6.07) is 13.2. The third-order valence-electron chi connectivity index (χ3n) is 5.44. The Morgan fingerprint density at radius 1 is 1.09 bits per heavy atom. The Morgan fingerprint density at radius 2 is 1.94 bits per heavy atom. The van der Waals surface area contributed by atoms with Crippen LogP contribution in [0.4, 0.5) is 5.82 Å². The third kappa shape index (κ3) is 3.08. The number of rotatable bonds is 4. The summed E-state index contributed by atoms with van der Waals surface area (Å²) in [6.07, 6.45) is 9.00. The number of aryl methyl sites for hydroxylation is 1. The van der Waals surface area contributed by atoms with Gasteiger partial charge in [0.25, 0.3) is 5.56 Å². The highest BCUT2D eigenvalue weighted by atomic mass is 16.1. The minimum absolute atomic E-state index is 0.147. The van der Waals surface area contributed by atoms with Gasteiger partial charge in [0, 0.05) is 6.42 Å². The first-order valence-corrected chi connectivity index (χ1v) is 10.0. The van der Waals surface area contributed by atoms with Gasteiger partial charge in [0.2, 0.25) is 0 Å². The van der Waals surface area contributed by atoms with E-state index in [1.165, 1.54) is 6.33 Å². The van der Waals surface area contributed by atoms with Crippen molar-refractivity contribution in [3.63, 3.8) is 0 Å². The van der Waals surface area contributed by atoms with Gasteiger partial charge >= 0.3 is 0 Å². The molecular weight excluding hydrogens is 402 g/mol.